The molecule has 0 radical (unpaired) electrons. The zero-order valence-corrected chi connectivity index (χ0v) is 8.37. The van der Waals surface area contributed by atoms with Gasteiger partial charge in [-0.1, -0.05) is 5.21 Å². The lowest BCUT2D eigenvalue weighted by atomic mass is 10.2. The summed E-state index contributed by atoms with van der Waals surface area (Å²) in [5.41, 5.74) is 0.926. The van der Waals surface area contributed by atoms with Gasteiger partial charge in [-0.25, -0.2) is 4.68 Å². The van der Waals surface area contributed by atoms with E-state index >= 15 is 0 Å². The van der Waals surface area contributed by atoms with Crippen LogP contribution in [-0.4, -0.2) is 33.7 Å². The van der Waals surface area contributed by atoms with Crippen molar-refractivity contribution in [2.24, 2.45) is 0 Å². The number of nitrogens with one attached hydrogen (secondary N) is 1. The number of amides is 1. The van der Waals surface area contributed by atoms with Crippen LogP contribution in [0.15, 0.2) is 0 Å². The van der Waals surface area contributed by atoms with Gasteiger partial charge < -0.3 is 5.32 Å². The van der Waals surface area contributed by atoms with E-state index in [4.69, 9.17) is 0 Å². The Hall–Kier alpha value is -1.72. The molecule has 0 aliphatic carbocycles. The van der Waals surface area contributed by atoms with Crippen LogP contribution >= 0.6 is 0 Å². The summed E-state index contributed by atoms with van der Waals surface area (Å²) < 4.78 is 1.40. The van der Waals surface area contributed by atoms with E-state index in [1.807, 2.05) is 0 Å². The molecule has 0 unspecified atom stereocenters. The number of carbonyl (C=O) groups is 2. The second kappa shape index (κ2) is 3.99. The summed E-state index contributed by atoms with van der Waals surface area (Å²) >= 11 is 0. The molecule has 76 valence electrons. The Labute approximate surface area is 81.3 Å². The van der Waals surface area contributed by atoms with Crippen LogP contribution in [0.2, 0.25) is 0 Å². The maximum absolute atomic E-state index is 11.0. The molecule has 1 aromatic rings. The monoisotopic (exact) mass is 196 g/mol. The van der Waals surface area contributed by atoms with Crippen molar-refractivity contribution in [2.45, 2.75) is 20.4 Å². The van der Waals surface area contributed by atoms with E-state index < -0.39 is 0 Å². The molecule has 14 heavy (non-hydrogen) atoms. The average Bonchev–Trinajstić information content (AvgIpc) is 2.48. The number of aromatic nitrogens is 3. The zero-order chi connectivity index (χ0) is 10.7. The van der Waals surface area contributed by atoms with Crippen LogP contribution in [0.1, 0.15) is 23.1 Å². The van der Waals surface area contributed by atoms with Gasteiger partial charge in [0.15, 0.2) is 11.5 Å². The fourth-order valence-electron chi connectivity index (χ4n) is 1.05. The highest BCUT2D eigenvalue weighted by Gasteiger charge is 2.13. The van der Waals surface area contributed by atoms with Crippen molar-refractivity contribution >= 4 is 11.7 Å². The molecule has 6 nitrogen and oxygen atoms in total. The molecule has 0 aliphatic rings. The minimum atomic E-state index is -0.173. The minimum Gasteiger partial charge on any atom is -0.358 e. The van der Waals surface area contributed by atoms with Gasteiger partial charge in [0.1, 0.15) is 6.54 Å². The van der Waals surface area contributed by atoms with Crippen LogP contribution in [0, 0.1) is 6.92 Å². The normalized spacial score (nSPS) is 9.93. The number of Topliss-reactive ketones (excluding diaryl/α,β-unsaturated/α-hetero) is 1. The third-order valence-corrected chi connectivity index (χ3v) is 1.89. The Morgan fingerprint density at radius 1 is 1.50 bits per heavy atom. The van der Waals surface area contributed by atoms with Gasteiger partial charge >= 0.3 is 0 Å². The number of rotatable bonds is 3. The van der Waals surface area contributed by atoms with E-state index in [1.54, 1.807) is 14.0 Å². The first-order valence-electron chi connectivity index (χ1n) is 4.18. The Morgan fingerprint density at radius 2 is 2.14 bits per heavy atom. The fourth-order valence-corrected chi connectivity index (χ4v) is 1.05. The summed E-state index contributed by atoms with van der Waals surface area (Å²) in [6.45, 7) is 3.21. The molecule has 0 spiro atoms. The molecular weight excluding hydrogens is 184 g/mol. The molecule has 1 amide bonds. The Bertz CT molecular complexity index is 369. The van der Waals surface area contributed by atoms with Crippen LogP contribution in [0.4, 0.5) is 0 Å². The quantitative estimate of drug-likeness (QED) is 0.663. The van der Waals surface area contributed by atoms with Gasteiger partial charge in [-0.05, 0) is 6.92 Å². The second-order valence-corrected chi connectivity index (χ2v) is 2.91. The first-order chi connectivity index (χ1) is 6.56. The Balaban J connectivity index is 2.90. The van der Waals surface area contributed by atoms with Gasteiger partial charge in [0.2, 0.25) is 5.91 Å². The molecule has 1 N–H and O–H groups in total. The number of hydrogen-bond donors (Lipinski definition) is 1. The third kappa shape index (κ3) is 1.95. The molecule has 0 aliphatic heterocycles. The van der Waals surface area contributed by atoms with Crippen molar-refractivity contribution in [1.82, 2.24) is 20.3 Å². The number of likely N-dealkylation sites (N-methyl/N-ethyl adjacent to an activating group) is 1. The first kappa shape index (κ1) is 10.4. The lowest BCUT2D eigenvalue weighted by Gasteiger charge is -2.01. The molecule has 1 heterocycles. The van der Waals surface area contributed by atoms with Gasteiger partial charge in [-0.3, -0.25) is 9.59 Å². The summed E-state index contributed by atoms with van der Waals surface area (Å²) in [5.74, 6) is -0.321. The van der Waals surface area contributed by atoms with Crippen molar-refractivity contribution in [3.8, 4) is 0 Å². The second-order valence-electron chi connectivity index (χ2n) is 2.91. The SMILES string of the molecule is CNC(=O)Cn1nnc(C(C)=O)c1C. The minimum absolute atomic E-state index is 0.0859. The van der Waals surface area contributed by atoms with Crippen molar-refractivity contribution in [3.05, 3.63) is 11.4 Å². The van der Waals surface area contributed by atoms with Crippen LogP contribution in [-0.2, 0) is 11.3 Å². The fraction of sp³-hybridized carbons (Fsp3) is 0.500. The van der Waals surface area contributed by atoms with Crippen LogP contribution in [0.5, 0.6) is 0 Å². The molecule has 1 rings (SSSR count). The molecule has 0 bridgehead atoms. The van der Waals surface area contributed by atoms with Gasteiger partial charge in [0, 0.05) is 14.0 Å². The summed E-state index contributed by atoms with van der Waals surface area (Å²) in [7, 11) is 1.54. The van der Waals surface area contributed by atoms with Crippen LogP contribution in [0.3, 0.4) is 0 Å². The molecule has 1 aromatic heterocycles. The van der Waals surface area contributed by atoms with Crippen molar-refractivity contribution in [2.75, 3.05) is 7.05 Å². The zero-order valence-electron chi connectivity index (χ0n) is 8.37. The van der Waals surface area contributed by atoms with Crippen LogP contribution in [0.25, 0.3) is 0 Å². The molecule has 0 atom stereocenters. The van der Waals surface area contributed by atoms with E-state index in [9.17, 15) is 9.59 Å². The molecule has 0 saturated heterocycles. The molecular formula is C8H12N4O2. The van der Waals surface area contributed by atoms with Crippen molar-refractivity contribution in [3.63, 3.8) is 0 Å². The van der Waals surface area contributed by atoms with Gasteiger partial charge in [-0.2, -0.15) is 0 Å². The third-order valence-electron chi connectivity index (χ3n) is 1.89. The van der Waals surface area contributed by atoms with Crippen molar-refractivity contribution in [1.29, 1.82) is 0 Å². The molecule has 0 fully saturated rings. The summed E-state index contributed by atoms with van der Waals surface area (Å²) in [5, 5.41) is 9.86. The van der Waals surface area contributed by atoms with E-state index in [0.29, 0.717) is 11.4 Å². The standard InChI is InChI=1S/C8H12N4O2/c1-5-8(6(2)13)10-11-12(5)4-7(14)9-3/h4H2,1-3H3,(H,9,14). The lowest BCUT2D eigenvalue weighted by Crippen LogP contribution is -2.24. The number of ketones is 1. The molecule has 6 heteroatoms. The Kier molecular flexibility index (Phi) is 2.95. The van der Waals surface area contributed by atoms with E-state index in [2.05, 4.69) is 15.6 Å². The van der Waals surface area contributed by atoms with Gasteiger partial charge in [0.05, 0.1) is 5.69 Å². The van der Waals surface area contributed by atoms with Gasteiger partial charge in [0.25, 0.3) is 0 Å². The van der Waals surface area contributed by atoms with Crippen molar-refractivity contribution < 1.29 is 9.59 Å². The maximum Gasteiger partial charge on any atom is 0.241 e. The number of hydrogen-bond acceptors (Lipinski definition) is 4. The predicted octanol–water partition coefficient (Wildman–Crippen LogP) is -0.465. The smallest absolute Gasteiger partial charge is 0.241 e. The van der Waals surface area contributed by atoms with Gasteiger partial charge in [-0.15, -0.1) is 5.10 Å². The highest BCUT2D eigenvalue weighted by atomic mass is 16.2. The predicted molar refractivity (Wildman–Crippen MR) is 48.8 cm³/mol. The van der Waals surface area contributed by atoms with Crippen LogP contribution < -0.4 is 5.32 Å². The average molecular weight is 196 g/mol. The highest BCUT2D eigenvalue weighted by Crippen LogP contribution is 2.03. The van der Waals surface area contributed by atoms with E-state index in [-0.39, 0.29) is 18.2 Å². The largest absolute Gasteiger partial charge is 0.358 e. The number of nitrogens with zero attached hydrogens (tertiary/aromatic N) is 3. The topological polar surface area (TPSA) is 76.9 Å². The summed E-state index contributed by atoms with van der Waals surface area (Å²) in [4.78, 5) is 22.0. The Morgan fingerprint density at radius 3 is 2.57 bits per heavy atom. The first-order valence-corrected chi connectivity index (χ1v) is 4.18. The molecule has 0 aromatic carbocycles. The maximum atomic E-state index is 11.0. The van der Waals surface area contributed by atoms with E-state index in [1.165, 1.54) is 11.6 Å². The highest BCUT2D eigenvalue weighted by molar-refractivity contribution is 5.93. The molecule has 0 saturated carbocycles. The number of carbonyl (C=O) groups excluding carboxylic acids is 2. The summed E-state index contributed by atoms with van der Waals surface area (Å²) in [6.07, 6.45) is 0. The lowest BCUT2D eigenvalue weighted by molar-refractivity contribution is -0.121. The summed E-state index contributed by atoms with van der Waals surface area (Å²) in [6, 6.07) is 0. The van der Waals surface area contributed by atoms with E-state index in [0.717, 1.165) is 0 Å².